The van der Waals surface area contributed by atoms with E-state index in [0.29, 0.717) is 0 Å². The lowest BCUT2D eigenvalue weighted by Gasteiger charge is -2.52. The third kappa shape index (κ3) is 6.13. The smallest absolute Gasteiger partial charge is 0.413 e. The number of anilines is 1. The van der Waals surface area contributed by atoms with E-state index in [-0.39, 0.29) is 28.9 Å². The van der Waals surface area contributed by atoms with Crippen LogP contribution in [-0.2, 0) is 16.1 Å². The van der Waals surface area contributed by atoms with Gasteiger partial charge < -0.3 is 19.7 Å². The highest BCUT2D eigenvalue weighted by molar-refractivity contribution is 6.84. The van der Waals surface area contributed by atoms with Crippen molar-refractivity contribution in [2.45, 2.75) is 114 Å². The van der Waals surface area contributed by atoms with Crippen molar-refractivity contribution in [3.05, 3.63) is 58.6 Å². The number of carbonyl (C=O) groups excluding carboxylic acids is 1. The monoisotopic (exact) mass is 589 g/mol. The molecule has 0 spiro atoms. The van der Waals surface area contributed by atoms with Gasteiger partial charge in [0, 0.05) is 12.6 Å². The van der Waals surface area contributed by atoms with Gasteiger partial charge in [-0.3, -0.25) is 9.88 Å². The molecule has 0 radical (unpaired) electrons. The summed E-state index contributed by atoms with van der Waals surface area (Å²) < 4.78 is 13.0. The molecule has 0 bridgehead atoms. The highest BCUT2D eigenvalue weighted by Crippen LogP contribution is 2.54. The van der Waals surface area contributed by atoms with Gasteiger partial charge in [-0.2, -0.15) is 4.98 Å². The highest BCUT2D eigenvalue weighted by atomic mass is 28.3. The zero-order valence-electron chi connectivity index (χ0n) is 25.6. The third-order valence-electron chi connectivity index (χ3n) is 9.76. The van der Waals surface area contributed by atoms with Crippen LogP contribution in [0.5, 0.6) is 0 Å². The zero-order valence-corrected chi connectivity index (χ0v) is 27.6. The molecule has 11 heteroatoms. The number of hydrogen-bond acceptors (Lipinski definition) is 7. The summed E-state index contributed by atoms with van der Waals surface area (Å²) in [5.74, 6) is 0.0508. The normalized spacial score (nSPS) is 23.1. The Labute approximate surface area is 240 Å². The van der Waals surface area contributed by atoms with Gasteiger partial charge in [-0.25, -0.2) is 9.59 Å². The molecule has 4 atom stereocenters. The quantitative estimate of drug-likeness (QED) is 0.366. The molecule has 2 aromatic rings. The maximum Gasteiger partial charge on any atom is 0.413 e. The molecule has 1 aromatic carbocycles. The van der Waals surface area contributed by atoms with Crippen LogP contribution in [0.25, 0.3) is 0 Å². The van der Waals surface area contributed by atoms with Crippen LogP contribution in [0.3, 0.4) is 0 Å². The minimum absolute atomic E-state index is 0.0508. The Bertz CT molecular complexity index is 1250. The number of aliphatic hydroxyl groups is 2. The molecule has 40 heavy (non-hydrogen) atoms. The van der Waals surface area contributed by atoms with Crippen molar-refractivity contribution in [3.8, 4) is 0 Å². The van der Waals surface area contributed by atoms with Crippen LogP contribution in [0.2, 0.25) is 36.3 Å². The first-order chi connectivity index (χ1) is 18.2. The lowest BCUT2D eigenvalue weighted by Crippen LogP contribution is -2.69. The molecule has 9 nitrogen and oxygen atoms in total. The number of hydrogen-bond donors (Lipinski definition) is 3. The van der Waals surface area contributed by atoms with Gasteiger partial charge in [-0.15, -0.1) is 0 Å². The van der Waals surface area contributed by atoms with Crippen molar-refractivity contribution < 1.29 is 24.5 Å². The van der Waals surface area contributed by atoms with Crippen LogP contribution in [0.4, 0.5) is 10.6 Å². The predicted octanol–water partition coefficient (Wildman–Crippen LogP) is 5.47. The Balaban J connectivity index is 1.88. The molecule has 0 saturated carbocycles. The first-order valence-corrected chi connectivity index (χ1v) is 19.9. The van der Waals surface area contributed by atoms with Gasteiger partial charge in [0.2, 0.25) is 0 Å². The lowest BCUT2D eigenvalue weighted by molar-refractivity contribution is -0.0763. The Morgan fingerprint density at radius 3 is 2.25 bits per heavy atom. The van der Waals surface area contributed by atoms with E-state index in [4.69, 9.17) is 9.47 Å². The van der Waals surface area contributed by atoms with Crippen LogP contribution >= 0.6 is 0 Å². The number of aliphatic hydroxyl groups excluding tert-OH is 1. The van der Waals surface area contributed by atoms with Crippen molar-refractivity contribution in [2.75, 3.05) is 5.32 Å². The second-order valence-electron chi connectivity index (χ2n) is 14.1. The molecule has 1 unspecified atom stereocenters. The molecular formula is C29H47N3O6Si2. The Hall–Kier alpha value is -2.32. The van der Waals surface area contributed by atoms with Gasteiger partial charge >= 0.3 is 11.8 Å². The molecule has 0 aliphatic carbocycles. The summed E-state index contributed by atoms with van der Waals surface area (Å²) in [6.45, 7) is 21.3. The first-order valence-electron chi connectivity index (χ1n) is 13.9. The van der Waals surface area contributed by atoms with Crippen molar-refractivity contribution >= 4 is 28.1 Å². The second kappa shape index (κ2) is 11.2. The molecule has 222 valence electrons. The number of nitrogens with one attached hydrogen (secondary N) is 1. The van der Waals surface area contributed by atoms with E-state index in [9.17, 15) is 19.8 Å². The standard InChI is InChI=1S/C29H47N3O6Si2/c1-27(2,3)39(7,8)24(33)23-29(36,40(9,10)28(4,5)6)18-22(38-23)32-17-16-21(30-25(32)34)31-26(35)37-19-20-14-12-11-13-15-20/h11-17,22-24,33,36H,18-19H2,1-10H3,(H,30,31,34,35)/t22-,23-,24?,29-/m1/s1. The maximum absolute atomic E-state index is 13.1. The Morgan fingerprint density at radius 1 is 1.12 bits per heavy atom. The van der Waals surface area contributed by atoms with Gasteiger partial charge in [0.25, 0.3) is 0 Å². The fourth-order valence-corrected chi connectivity index (χ4v) is 9.95. The van der Waals surface area contributed by atoms with Crippen LogP contribution in [0.1, 0.15) is 59.8 Å². The molecule has 1 aliphatic heterocycles. The number of nitrogens with zero attached hydrogens (tertiary/aromatic N) is 2. The second-order valence-corrected chi connectivity index (χ2v) is 25.3. The predicted molar refractivity (Wildman–Crippen MR) is 163 cm³/mol. The largest absolute Gasteiger partial charge is 0.444 e. The van der Waals surface area contributed by atoms with E-state index in [1.807, 2.05) is 30.3 Å². The SMILES string of the molecule is CC(C)(C)[Si](C)(C)C(O)[C@H]1O[C@@H](n2ccc(NC(=O)OCc3ccccc3)nc2=O)C[C@@]1(O)[Si](C)(C)C(C)(C)C. The molecule has 3 rings (SSSR count). The van der Waals surface area contributed by atoms with E-state index in [2.05, 4.69) is 78.0 Å². The number of amides is 1. The summed E-state index contributed by atoms with van der Waals surface area (Å²) in [5, 5.41) is 25.1. The number of ether oxygens (including phenoxy) is 2. The molecule has 1 amide bonds. The molecule has 2 heterocycles. The number of carbonyl (C=O) groups is 1. The summed E-state index contributed by atoms with van der Waals surface area (Å²) in [6.07, 6.45) is -0.733. The lowest BCUT2D eigenvalue weighted by atomic mass is 10.1. The van der Waals surface area contributed by atoms with Crippen molar-refractivity contribution in [3.63, 3.8) is 0 Å². The van der Waals surface area contributed by atoms with Crippen LogP contribution in [0, 0.1) is 0 Å². The Kier molecular flexibility index (Phi) is 8.99. The van der Waals surface area contributed by atoms with E-state index in [1.165, 1.54) is 16.8 Å². The fourth-order valence-electron chi connectivity index (χ4n) is 4.86. The molecule has 1 saturated heterocycles. The van der Waals surface area contributed by atoms with Crippen molar-refractivity contribution in [2.24, 2.45) is 0 Å². The zero-order chi connectivity index (χ0) is 30.3. The van der Waals surface area contributed by atoms with Crippen molar-refractivity contribution in [1.29, 1.82) is 0 Å². The highest BCUT2D eigenvalue weighted by Gasteiger charge is 2.65. The average Bonchev–Trinajstić information content (AvgIpc) is 3.20. The Morgan fingerprint density at radius 2 is 1.73 bits per heavy atom. The van der Waals surface area contributed by atoms with E-state index >= 15 is 0 Å². The number of aromatic nitrogens is 2. The van der Waals surface area contributed by atoms with Gasteiger partial charge in [0.1, 0.15) is 24.8 Å². The fraction of sp³-hybridized carbons (Fsp3) is 0.621. The summed E-state index contributed by atoms with van der Waals surface area (Å²) in [5.41, 5.74) is -0.658. The first kappa shape index (κ1) is 32.2. The third-order valence-corrected chi connectivity index (χ3v) is 21.8. The minimum atomic E-state index is -2.54. The van der Waals surface area contributed by atoms with E-state index in [1.54, 1.807) is 0 Å². The van der Waals surface area contributed by atoms with E-state index < -0.39 is 51.2 Å². The molecule has 1 fully saturated rings. The summed E-state index contributed by atoms with van der Waals surface area (Å²) in [4.78, 5) is 29.4. The summed E-state index contributed by atoms with van der Waals surface area (Å²) in [7, 11) is -4.91. The summed E-state index contributed by atoms with van der Waals surface area (Å²) >= 11 is 0. The van der Waals surface area contributed by atoms with Crippen LogP contribution in [0.15, 0.2) is 47.4 Å². The van der Waals surface area contributed by atoms with E-state index in [0.717, 1.165) is 5.56 Å². The van der Waals surface area contributed by atoms with Crippen LogP contribution in [-0.4, -0.2) is 59.1 Å². The molecule has 3 N–H and O–H groups in total. The van der Waals surface area contributed by atoms with Gasteiger partial charge in [0.05, 0.1) is 27.1 Å². The minimum Gasteiger partial charge on any atom is -0.444 e. The van der Waals surface area contributed by atoms with Gasteiger partial charge in [0.15, 0.2) is 0 Å². The maximum atomic E-state index is 13.1. The topological polar surface area (TPSA) is 123 Å². The molecule has 1 aromatic heterocycles. The molecule has 1 aliphatic rings. The van der Waals surface area contributed by atoms with Gasteiger partial charge in [-0.1, -0.05) is 98.1 Å². The van der Waals surface area contributed by atoms with Gasteiger partial charge in [-0.05, 0) is 21.7 Å². The average molecular weight is 590 g/mol. The number of benzene rings is 1. The summed E-state index contributed by atoms with van der Waals surface area (Å²) in [6, 6.07) is 10.8. The van der Waals surface area contributed by atoms with Crippen LogP contribution < -0.4 is 11.0 Å². The molecular weight excluding hydrogens is 543 g/mol. The van der Waals surface area contributed by atoms with Crippen molar-refractivity contribution in [1.82, 2.24) is 9.55 Å². The number of rotatable bonds is 7.